The van der Waals surface area contributed by atoms with Crippen molar-refractivity contribution in [2.24, 2.45) is 0 Å². The van der Waals surface area contributed by atoms with Crippen molar-refractivity contribution in [2.45, 2.75) is 6.10 Å². The second-order valence-corrected chi connectivity index (χ2v) is 2.96. The van der Waals surface area contributed by atoms with Gasteiger partial charge in [0.15, 0.2) is 0 Å². The Bertz CT molecular complexity index is 164. The van der Waals surface area contributed by atoms with E-state index in [2.05, 4.69) is 0 Å². The molecule has 1 unspecified atom stereocenters. The van der Waals surface area contributed by atoms with Crippen molar-refractivity contribution in [3.63, 3.8) is 0 Å². The molecule has 0 aromatic heterocycles. The summed E-state index contributed by atoms with van der Waals surface area (Å²) in [6.45, 7) is 0.240. The van der Waals surface area contributed by atoms with Gasteiger partial charge < -0.3 is 20.1 Å². The minimum atomic E-state index is -0.983. The summed E-state index contributed by atoms with van der Waals surface area (Å²) in [6.07, 6.45) is -0.731. The summed E-state index contributed by atoms with van der Waals surface area (Å²) < 4.78 is 4.70. The molecule has 1 atom stereocenters. The van der Waals surface area contributed by atoms with E-state index in [4.69, 9.17) is 14.9 Å². The van der Waals surface area contributed by atoms with Crippen molar-refractivity contribution < 1.29 is 24.9 Å². The molecule has 0 fully saturated rings. The number of carboxylic acids is 1. The van der Waals surface area contributed by atoms with Gasteiger partial charge in [-0.3, -0.25) is 9.69 Å². The lowest BCUT2D eigenvalue weighted by Gasteiger charge is -2.21. The van der Waals surface area contributed by atoms with Gasteiger partial charge in [-0.25, -0.2) is 0 Å². The molecule has 84 valence electrons. The first-order valence-corrected chi connectivity index (χ1v) is 4.32. The highest BCUT2D eigenvalue weighted by atomic mass is 16.5. The Morgan fingerprint density at radius 2 is 2.21 bits per heavy atom. The van der Waals surface area contributed by atoms with Gasteiger partial charge in [-0.15, -0.1) is 0 Å². The van der Waals surface area contributed by atoms with Gasteiger partial charge in [-0.2, -0.15) is 0 Å². The number of hydrogen-bond acceptors (Lipinski definition) is 5. The third-order valence-corrected chi connectivity index (χ3v) is 1.60. The van der Waals surface area contributed by atoms with Crippen LogP contribution in [0, 0.1) is 0 Å². The van der Waals surface area contributed by atoms with E-state index >= 15 is 0 Å². The highest BCUT2D eigenvalue weighted by molar-refractivity contribution is 5.69. The van der Waals surface area contributed by atoms with Crippen molar-refractivity contribution in [3.05, 3.63) is 0 Å². The lowest BCUT2D eigenvalue weighted by Crippen LogP contribution is -2.39. The van der Waals surface area contributed by atoms with E-state index in [-0.39, 0.29) is 32.8 Å². The van der Waals surface area contributed by atoms with E-state index in [9.17, 15) is 9.90 Å². The smallest absolute Gasteiger partial charge is 0.317 e. The molecule has 0 radical (unpaired) electrons. The maximum Gasteiger partial charge on any atom is 0.317 e. The number of hydrogen-bond donors (Lipinski definition) is 3. The summed E-state index contributed by atoms with van der Waals surface area (Å²) in [5, 5.41) is 26.5. The second-order valence-electron chi connectivity index (χ2n) is 2.96. The van der Waals surface area contributed by atoms with E-state index in [0.717, 1.165) is 0 Å². The highest BCUT2D eigenvalue weighted by Crippen LogP contribution is 1.93. The first-order chi connectivity index (χ1) is 6.60. The van der Waals surface area contributed by atoms with Crippen LogP contribution in [0.15, 0.2) is 0 Å². The number of carbonyl (C=O) groups is 1. The quantitative estimate of drug-likeness (QED) is 0.443. The summed E-state index contributed by atoms with van der Waals surface area (Å²) in [5.74, 6) is -0.983. The van der Waals surface area contributed by atoms with Gasteiger partial charge in [-0.05, 0) is 0 Å². The van der Waals surface area contributed by atoms with E-state index in [0.29, 0.717) is 0 Å². The number of aliphatic hydroxyl groups is 2. The lowest BCUT2D eigenvalue weighted by molar-refractivity contribution is -0.138. The number of aliphatic hydroxyl groups excluding tert-OH is 2. The zero-order valence-corrected chi connectivity index (χ0v) is 8.22. The molecule has 0 saturated heterocycles. The van der Waals surface area contributed by atoms with Gasteiger partial charge in [0.05, 0.1) is 25.9 Å². The normalized spacial score (nSPS) is 13.1. The first kappa shape index (κ1) is 13.3. The van der Waals surface area contributed by atoms with Crippen molar-refractivity contribution in [3.8, 4) is 0 Å². The minimum Gasteiger partial charge on any atom is -0.480 e. The van der Waals surface area contributed by atoms with Crippen LogP contribution in [0.1, 0.15) is 0 Å². The van der Waals surface area contributed by atoms with Gasteiger partial charge in [0.25, 0.3) is 0 Å². The Morgan fingerprint density at radius 3 is 2.64 bits per heavy atom. The number of carboxylic acid groups (broad SMARTS) is 1. The third kappa shape index (κ3) is 6.79. The van der Waals surface area contributed by atoms with Gasteiger partial charge in [0.2, 0.25) is 0 Å². The SMILES string of the molecule is COCC(O)CN(CCO)CC(=O)O. The minimum absolute atomic E-state index is 0.132. The molecule has 0 heterocycles. The van der Waals surface area contributed by atoms with E-state index in [1.54, 1.807) is 0 Å². The maximum atomic E-state index is 10.4. The zero-order chi connectivity index (χ0) is 11.0. The van der Waals surface area contributed by atoms with Crippen molar-refractivity contribution in [1.82, 2.24) is 4.90 Å². The molecule has 14 heavy (non-hydrogen) atoms. The Kier molecular flexibility index (Phi) is 7.31. The van der Waals surface area contributed by atoms with Crippen LogP contribution in [-0.4, -0.2) is 72.3 Å². The Hall–Kier alpha value is -0.690. The predicted octanol–water partition coefficient (Wildman–Crippen LogP) is -1.63. The Labute approximate surface area is 82.7 Å². The average Bonchev–Trinajstić information content (AvgIpc) is 2.03. The fourth-order valence-electron chi connectivity index (χ4n) is 1.11. The summed E-state index contributed by atoms with van der Waals surface area (Å²) in [6, 6.07) is 0. The standard InChI is InChI=1S/C8H17NO5/c1-14-6-7(11)4-9(2-3-10)5-8(12)13/h7,10-11H,2-6H2,1H3,(H,12,13). The molecule has 0 aromatic carbocycles. The average molecular weight is 207 g/mol. The van der Waals surface area contributed by atoms with E-state index in [1.807, 2.05) is 0 Å². The highest BCUT2D eigenvalue weighted by Gasteiger charge is 2.13. The van der Waals surface area contributed by atoms with Crippen LogP contribution in [0.3, 0.4) is 0 Å². The second kappa shape index (κ2) is 7.69. The van der Waals surface area contributed by atoms with Crippen LogP contribution in [0.2, 0.25) is 0 Å². The number of methoxy groups -OCH3 is 1. The number of ether oxygens (including phenoxy) is 1. The van der Waals surface area contributed by atoms with E-state index in [1.165, 1.54) is 12.0 Å². The van der Waals surface area contributed by atoms with Gasteiger partial charge in [-0.1, -0.05) is 0 Å². The molecule has 0 aliphatic carbocycles. The van der Waals surface area contributed by atoms with Crippen LogP contribution in [0.5, 0.6) is 0 Å². The van der Waals surface area contributed by atoms with Crippen molar-refractivity contribution in [1.29, 1.82) is 0 Å². The molecule has 0 rings (SSSR count). The molecule has 0 bridgehead atoms. The third-order valence-electron chi connectivity index (χ3n) is 1.60. The Morgan fingerprint density at radius 1 is 1.57 bits per heavy atom. The molecular weight excluding hydrogens is 190 g/mol. The van der Waals surface area contributed by atoms with Gasteiger partial charge in [0, 0.05) is 20.2 Å². The first-order valence-electron chi connectivity index (χ1n) is 4.32. The van der Waals surface area contributed by atoms with Crippen LogP contribution in [0.25, 0.3) is 0 Å². The van der Waals surface area contributed by atoms with Crippen molar-refractivity contribution in [2.75, 3.05) is 40.0 Å². The van der Waals surface area contributed by atoms with Gasteiger partial charge >= 0.3 is 5.97 Å². The fourth-order valence-corrected chi connectivity index (χ4v) is 1.11. The van der Waals surface area contributed by atoms with Crippen molar-refractivity contribution >= 4 is 5.97 Å². The summed E-state index contributed by atoms with van der Waals surface area (Å²) in [5.41, 5.74) is 0. The molecule has 0 aromatic rings. The van der Waals surface area contributed by atoms with Crippen LogP contribution in [0.4, 0.5) is 0 Å². The molecule has 0 aliphatic rings. The number of nitrogens with zero attached hydrogens (tertiary/aromatic N) is 1. The van der Waals surface area contributed by atoms with E-state index < -0.39 is 12.1 Å². The summed E-state index contributed by atoms with van der Waals surface area (Å²) >= 11 is 0. The Balaban J connectivity index is 3.87. The molecule has 6 nitrogen and oxygen atoms in total. The fraction of sp³-hybridized carbons (Fsp3) is 0.875. The molecular formula is C8H17NO5. The summed E-state index contributed by atoms with van der Waals surface area (Å²) in [7, 11) is 1.46. The molecule has 6 heteroatoms. The zero-order valence-electron chi connectivity index (χ0n) is 8.22. The van der Waals surface area contributed by atoms with Crippen LogP contribution >= 0.6 is 0 Å². The largest absolute Gasteiger partial charge is 0.480 e. The molecule has 3 N–H and O–H groups in total. The molecule has 0 saturated carbocycles. The van der Waals surface area contributed by atoms with Gasteiger partial charge in [0.1, 0.15) is 0 Å². The number of rotatable bonds is 8. The number of aliphatic carboxylic acids is 1. The lowest BCUT2D eigenvalue weighted by atomic mass is 10.3. The molecule has 0 spiro atoms. The molecule has 0 aliphatic heterocycles. The topological polar surface area (TPSA) is 90.2 Å². The van der Waals surface area contributed by atoms with Crippen LogP contribution in [-0.2, 0) is 9.53 Å². The molecule has 0 amide bonds. The monoisotopic (exact) mass is 207 g/mol. The van der Waals surface area contributed by atoms with Crippen LogP contribution < -0.4 is 0 Å². The maximum absolute atomic E-state index is 10.4. The predicted molar refractivity (Wildman–Crippen MR) is 49.0 cm³/mol. The summed E-state index contributed by atoms with van der Waals surface area (Å²) in [4.78, 5) is 11.8.